The van der Waals surface area contributed by atoms with E-state index in [1.54, 1.807) is 11.3 Å². The van der Waals surface area contributed by atoms with Gasteiger partial charge in [0.25, 0.3) is 0 Å². The Morgan fingerprint density at radius 2 is 1.73 bits per heavy atom. The van der Waals surface area contributed by atoms with Crippen molar-refractivity contribution in [2.24, 2.45) is 0 Å². The molecular weight excluding hydrogens is 228 g/mol. The van der Waals surface area contributed by atoms with Crippen molar-refractivity contribution in [1.82, 2.24) is 9.88 Å². The molecule has 0 saturated carbocycles. The van der Waals surface area contributed by atoms with Gasteiger partial charge in [0.1, 0.15) is 10.2 Å². The van der Waals surface area contributed by atoms with Crippen molar-refractivity contribution in [3.8, 4) is 0 Å². The summed E-state index contributed by atoms with van der Waals surface area (Å²) in [5, 5.41) is 3.60. The van der Waals surface area contributed by atoms with E-state index in [0.29, 0.717) is 23.3 Å². The van der Waals surface area contributed by atoms with E-state index >= 15 is 0 Å². The zero-order chi connectivity index (χ0) is 11.6. The number of aromatic nitrogens is 1. The van der Waals surface area contributed by atoms with E-state index in [-0.39, 0.29) is 0 Å². The molecule has 0 fully saturated rings. The first-order valence-corrected chi connectivity index (χ1v) is 6.57. The monoisotopic (exact) mass is 246 g/mol. The minimum Gasteiger partial charge on any atom is -0.289 e. The van der Waals surface area contributed by atoms with Gasteiger partial charge in [0.05, 0.1) is 6.04 Å². The fourth-order valence-corrected chi connectivity index (χ4v) is 3.09. The van der Waals surface area contributed by atoms with Crippen LogP contribution in [0.25, 0.3) is 0 Å². The van der Waals surface area contributed by atoms with Crippen LogP contribution in [0, 0.1) is 0 Å². The van der Waals surface area contributed by atoms with Gasteiger partial charge in [-0.15, -0.1) is 11.3 Å². The van der Waals surface area contributed by atoms with E-state index in [1.165, 1.54) is 0 Å². The molecule has 1 heterocycles. The van der Waals surface area contributed by atoms with E-state index < -0.39 is 0 Å². The van der Waals surface area contributed by atoms with Gasteiger partial charge in [0, 0.05) is 17.5 Å². The topological polar surface area (TPSA) is 16.1 Å². The molecule has 1 aromatic heterocycles. The minimum absolute atomic E-state index is 0.336. The van der Waals surface area contributed by atoms with Crippen LogP contribution in [0.5, 0.6) is 0 Å². The average molecular weight is 247 g/mol. The van der Waals surface area contributed by atoms with Gasteiger partial charge in [0.2, 0.25) is 0 Å². The van der Waals surface area contributed by atoms with Gasteiger partial charge in [-0.25, -0.2) is 4.98 Å². The summed E-state index contributed by atoms with van der Waals surface area (Å²) in [7, 11) is 0. The van der Waals surface area contributed by atoms with E-state index in [4.69, 9.17) is 11.6 Å². The molecule has 0 aliphatic carbocycles. The van der Waals surface area contributed by atoms with Crippen molar-refractivity contribution < 1.29 is 0 Å². The van der Waals surface area contributed by atoms with Crippen molar-refractivity contribution in [3.05, 3.63) is 15.5 Å². The van der Waals surface area contributed by atoms with Crippen LogP contribution >= 0.6 is 22.9 Å². The van der Waals surface area contributed by atoms with Crippen LogP contribution in [0.2, 0.25) is 5.15 Å². The lowest BCUT2D eigenvalue weighted by atomic mass is 10.1. The number of halogens is 1. The molecule has 1 atom stereocenters. The highest BCUT2D eigenvalue weighted by atomic mass is 35.5. The highest BCUT2D eigenvalue weighted by molar-refractivity contribution is 7.10. The second-order valence-electron chi connectivity index (χ2n) is 4.32. The quantitative estimate of drug-likeness (QED) is 0.799. The van der Waals surface area contributed by atoms with Gasteiger partial charge >= 0.3 is 0 Å². The van der Waals surface area contributed by atoms with Gasteiger partial charge in [-0.1, -0.05) is 11.6 Å². The maximum Gasteiger partial charge on any atom is 0.140 e. The molecule has 0 amide bonds. The van der Waals surface area contributed by atoms with Crippen LogP contribution in [0.4, 0.5) is 0 Å². The summed E-state index contributed by atoms with van der Waals surface area (Å²) in [4.78, 5) is 6.78. The predicted molar refractivity (Wildman–Crippen MR) is 67.7 cm³/mol. The maximum atomic E-state index is 5.85. The first-order chi connectivity index (χ1) is 6.93. The SMILES string of the molecule is CC(C)N(C(C)C)C(C)c1nc(Cl)cs1. The van der Waals surface area contributed by atoms with E-state index in [9.17, 15) is 0 Å². The molecule has 0 bridgehead atoms. The average Bonchev–Trinajstić information content (AvgIpc) is 2.50. The van der Waals surface area contributed by atoms with E-state index in [2.05, 4.69) is 44.5 Å². The Kier molecular flexibility index (Phi) is 4.56. The zero-order valence-corrected chi connectivity index (χ0v) is 11.6. The molecule has 1 rings (SSSR count). The smallest absolute Gasteiger partial charge is 0.140 e. The molecule has 0 aliphatic rings. The van der Waals surface area contributed by atoms with Gasteiger partial charge in [-0.3, -0.25) is 4.90 Å². The molecule has 2 nitrogen and oxygen atoms in total. The van der Waals surface area contributed by atoms with Crippen LogP contribution in [0.3, 0.4) is 0 Å². The van der Waals surface area contributed by atoms with Crippen molar-refractivity contribution >= 4 is 22.9 Å². The maximum absolute atomic E-state index is 5.85. The van der Waals surface area contributed by atoms with Crippen molar-refractivity contribution in [2.45, 2.75) is 52.7 Å². The van der Waals surface area contributed by atoms with Gasteiger partial charge < -0.3 is 0 Å². The Hall–Kier alpha value is -0.120. The second-order valence-corrected chi connectivity index (χ2v) is 5.60. The molecule has 0 radical (unpaired) electrons. The molecule has 1 unspecified atom stereocenters. The molecule has 4 heteroatoms. The number of nitrogens with zero attached hydrogens (tertiary/aromatic N) is 2. The number of thiazole rings is 1. The van der Waals surface area contributed by atoms with E-state index in [1.807, 2.05) is 5.38 Å². The largest absolute Gasteiger partial charge is 0.289 e. The first kappa shape index (κ1) is 12.9. The molecule has 86 valence electrons. The van der Waals surface area contributed by atoms with Gasteiger partial charge in [-0.05, 0) is 34.6 Å². The highest BCUT2D eigenvalue weighted by Gasteiger charge is 2.23. The standard InChI is InChI=1S/C11H19ClN2S/c1-7(2)14(8(3)4)9(5)11-13-10(12)6-15-11/h6-9H,1-5H3. The van der Waals surface area contributed by atoms with Crippen LogP contribution in [-0.4, -0.2) is 22.0 Å². The lowest BCUT2D eigenvalue weighted by Gasteiger charge is -2.35. The van der Waals surface area contributed by atoms with Crippen molar-refractivity contribution in [1.29, 1.82) is 0 Å². The van der Waals surface area contributed by atoms with Crippen LogP contribution in [0.1, 0.15) is 45.7 Å². The van der Waals surface area contributed by atoms with Gasteiger partial charge in [-0.2, -0.15) is 0 Å². The Labute approximate surface area is 101 Å². The molecule has 0 N–H and O–H groups in total. The highest BCUT2D eigenvalue weighted by Crippen LogP contribution is 2.28. The Morgan fingerprint density at radius 3 is 2.07 bits per heavy atom. The predicted octanol–water partition coefficient (Wildman–Crippen LogP) is 3.98. The number of hydrogen-bond acceptors (Lipinski definition) is 3. The first-order valence-electron chi connectivity index (χ1n) is 5.31. The van der Waals surface area contributed by atoms with Crippen LogP contribution in [0.15, 0.2) is 5.38 Å². The Balaban J connectivity index is 2.85. The molecule has 0 spiro atoms. The van der Waals surface area contributed by atoms with Crippen molar-refractivity contribution in [2.75, 3.05) is 0 Å². The van der Waals surface area contributed by atoms with E-state index in [0.717, 1.165) is 5.01 Å². The molecule has 1 aromatic rings. The Morgan fingerprint density at radius 1 is 1.20 bits per heavy atom. The summed E-state index contributed by atoms with van der Waals surface area (Å²) in [6, 6.07) is 1.37. The summed E-state index contributed by atoms with van der Waals surface area (Å²) in [5.74, 6) is 0. The lowest BCUT2D eigenvalue weighted by molar-refractivity contribution is 0.122. The molecule has 0 aromatic carbocycles. The third-order valence-electron chi connectivity index (χ3n) is 2.49. The fourth-order valence-electron chi connectivity index (χ4n) is 2.08. The molecule has 0 aliphatic heterocycles. The van der Waals surface area contributed by atoms with Gasteiger partial charge in [0.15, 0.2) is 0 Å². The number of rotatable bonds is 4. The normalized spacial score (nSPS) is 14.2. The summed E-state index contributed by atoms with van der Waals surface area (Å²) in [6.45, 7) is 11.0. The summed E-state index contributed by atoms with van der Waals surface area (Å²) in [5.41, 5.74) is 0. The van der Waals surface area contributed by atoms with Crippen LogP contribution < -0.4 is 0 Å². The molecule has 0 saturated heterocycles. The lowest BCUT2D eigenvalue weighted by Crippen LogP contribution is -2.38. The summed E-state index contributed by atoms with van der Waals surface area (Å²) < 4.78 is 0. The summed E-state index contributed by atoms with van der Waals surface area (Å²) >= 11 is 7.49. The molecular formula is C11H19ClN2S. The Bertz CT molecular complexity index is 301. The third-order valence-corrected chi connectivity index (χ3v) is 3.83. The fraction of sp³-hybridized carbons (Fsp3) is 0.727. The van der Waals surface area contributed by atoms with Crippen LogP contribution in [-0.2, 0) is 0 Å². The molecule has 15 heavy (non-hydrogen) atoms. The number of hydrogen-bond donors (Lipinski definition) is 0. The minimum atomic E-state index is 0.336. The third kappa shape index (κ3) is 3.16. The second kappa shape index (κ2) is 5.28. The summed E-state index contributed by atoms with van der Waals surface area (Å²) in [6.07, 6.45) is 0. The zero-order valence-electron chi connectivity index (χ0n) is 9.99. The van der Waals surface area contributed by atoms with Crippen molar-refractivity contribution in [3.63, 3.8) is 0 Å².